The molecule has 108 valence electrons. The average Bonchev–Trinajstić information content (AvgIpc) is 2.92. The van der Waals surface area contributed by atoms with Crippen LogP contribution >= 0.6 is 0 Å². The van der Waals surface area contributed by atoms with Crippen LogP contribution in [-0.2, 0) is 0 Å². The second-order valence-electron chi connectivity index (χ2n) is 5.38. The van der Waals surface area contributed by atoms with Crippen LogP contribution in [0.2, 0.25) is 0 Å². The minimum atomic E-state index is 0.0441. The molecule has 1 aromatic heterocycles. The van der Waals surface area contributed by atoms with Gasteiger partial charge in [0.2, 0.25) is 0 Å². The molecule has 0 saturated heterocycles. The van der Waals surface area contributed by atoms with E-state index in [0.717, 1.165) is 35.7 Å². The maximum atomic E-state index is 12.3. The van der Waals surface area contributed by atoms with Crippen LogP contribution in [0.4, 0.5) is 0 Å². The number of carbonyl (C=O) groups is 1. The summed E-state index contributed by atoms with van der Waals surface area (Å²) in [5, 5.41) is 4.26. The zero-order chi connectivity index (χ0) is 14.4. The molecule has 0 aliphatic heterocycles. The van der Waals surface area contributed by atoms with E-state index in [-0.39, 0.29) is 5.91 Å². The number of nitrogens with one attached hydrogen (secondary N) is 2. The van der Waals surface area contributed by atoms with Crippen LogP contribution in [0.1, 0.15) is 56.3 Å². The normalized spacial score (nSPS) is 12.5. The van der Waals surface area contributed by atoms with Gasteiger partial charge in [0.1, 0.15) is 0 Å². The molecular formula is C17H24N2O. The number of aromatic nitrogens is 1. The fourth-order valence-electron chi connectivity index (χ4n) is 2.55. The summed E-state index contributed by atoms with van der Waals surface area (Å²) in [6, 6.07) is 8.09. The van der Waals surface area contributed by atoms with Gasteiger partial charge < -0.3 is 10.3 Å². The predicted molar refractivity (Wildman–Crippen MR) is 84.0 cm³/mol. The lowest BCUT2D eigenvalue weighted by atomic mass is 10.0. The Bertz CT molecular complexity index is 559. The summed E-state index contributed by atoms with van der Waals surface area (Å²) in [4.78, 5) is 15.5. The van der Waals surface area contributed by atoms with Gasteiger partial charge in [0.05, 0.1) is 0 Å². The van der Waals surface area contributed by atoms with Crippen molar-refractivity contribution in [2.75, 3.05) is 0 Å². The molecule has 0 aliphatic carbocycles. The average molecular weight is 272 g/mol. The smallest absolute Gasteiger partial charge is 0.251 e. The van der Waals surface area contributed by atoms with Crippen molar-refractivity contribution in [2.45, 2.75) is 52.0 Å². The van der Waals surface area contributed by atoms with Gasteiger partial charge in [-0.2, -0.15) is 0 Å². The summed E-state index contributed by atoms with van der Waals surface area (Å²) in [5.74, 6) is 0.0441. The highest BCUT2D eigenvalue weighted by atomic mass is 16.1. The van der Waals surface area contributed by atoms with Crippen LogP contribution < -0.4 is 5.32 Å². The van der Waals surface area contributed by atoms with Crippen molar-refractivity contribution in [2.24, 2.45) is 0 Å². The first-order chi connectivity index (χ1) is 9.74. The van der Waals surface area contributed by atoms with E-state index in [1.807, 2.05) is 30.5 Å². The van der Waals surface area contributed by atoms with Gasteiger partial charge in [0.25, 0.3) is 5.91 Å². The van der Waals surface area contributed by atoms with E-state index in [0.29, 0.717) is 6.04 Å². The van der Waals surface area contributed by atoms with Crippen molar-refractivity contribution >= 4 is 16.8 Å². The van der Waals surface area contributed by atoms with Crippen molar-refractivity contribution in [3.8, 4) is 0 Å². The molecule has 2 rings (SSSR count). The number of amides is 1. The van der Waals surface area contributed by atoms with Crippen LogP contribution in [0.25, 0.3) is 10.9 Å². The number of unbranched alkanes of at least 4 members (excludes halogenated alkanes) is 1. The molecule has 1 heterocycles. The van der Waals surface area contributed by atoms with Gasteiger partial charge >= 0.3 is 0 Å². The van der Waals surface area contributed by atoms with Gasteiger partial charge in [-0.1, -0.05) is 33.1 Å². The Labute approximate surface area is 120 Å². The van der Waals surface area contributed by atoms with Crippen molar-refractivity contribution in [3.63, 3.8) is 0 Å². The molecule has 20 heavy (non-hydrogen) atoms. The van der Waals surface area contributed by atoms with Gasteiger partial charge in [-0.3, -0.25) is 4.79 Å². The van der Waals surface area contributed by atoms with Crippen molar-refractivity contribution < 1.29 is 4.79 Å². The lowest BCUT2D eigenvalue weighted by molar-refractivity contribution is 0.0932. The number of aromatic amines is 1. The molecule has 0 fully saturated rings. The van der Waals surface area contributed by atoms with Crippen LogP contribution in [-0.4, -0.2) is 16.9 Å². The molecule has 2 N–H and O–H groups in total. The number of H-pyrrole nitrogens is 1. The minimum Gasteiger partial charge on any atom is -0.361 e. The van der Waals surface area contributed by atoms with Crippen molar-refractivity contribution in [1.29, 1.82) is 0 Å². The fraction of sp³-hybridized carbons (Fsp3) is 0.471. The molecule has 3 heteroatoms. The van der Waals surface area contributed by atoms with E-state index in [2.05, 4.69) is 24.1 Å². The predicted octanol–water partition coefficient (Wildman–Crippen LogP) is 4.26. The fourth-order valence-corrected chi connectivity index (χ4v) is 2.55. The topological polar surface area (TPSA) is 44.9 Å². The molecule has 1 aromatic carbocycles. The summed E-state index contributed by atoms with van der Waals surface area (Å²) >= 11 is 0. The number of benzene rings is 1. The number of fused-ring (bicyclic) bond motifs is 1. The van der Waals surface area contributed by atoms with Gasteiger partial charge in [-0.15, -0.1) is 0 Å². The molecule has 0 aliphatic rings. The monoisotopic (exact) mass is 272 g/mol. The Balaban J connectivity index is 2.04. The zero-order valence-corrected chi connectivity index (χ0v) is 12.4. The third-order valence-corrected chi connectivity index (χ3v) is 3.69. The van der Waals surface area contributed by atoms with Gasteiger partial charge in [0, 0.05) is 28.7 Å². The molecular weight excluding hydrogens is 248 g/mol. The van der Waals surface area contributed by atoms with Gasteiger partial charge in [-0.05, 0) is 37.1 Å². The molecule has 0 spiro atoms. The summed E-state index contributed by atoms with van der Waals surface area (Å²) in [6.07, 6.45) is 7.47. The molecule has 2 aromatic rings. The minimum absolute atomic E-state index is 0.0441. The zero-order valence-electron chi connectivity index (χ0n) is 12.4. The van der Waals surface area contributed by atoms with Crippen LogP contribution in [0.15, 0.2) is 30.5 Å². The van der Waals surface area contributed by atoms with Crippen molar-refractivity contribution in [3.05, 3.63) is 36.0 Å². The third kappa shape index (κ3) is 3.62. The lowest BCUT2D eigenvalue weighted by Gasteiger charge is -2.18. The largest absolute Gasteiger partial charge is 0.361 e. The summed E-state index contributed by atoms with van der Waals surface area (Å²) in [7, 11) is 0. The lowest BCUT2D eigenvalue weighted by Crippen LogP contribution is -2.34. The van der Waals surface area contributed by atoms with Crippen LogP contribution in [0.5, 0.6) is 0 Å². The van der Waals surface area contributed by atoms with Gasteiger partial charge in [-0.25, -0.2) is 0 Å². The molecule has 1 amide bonds. The summed E-state index contributed by atoms with van der Waals surface area (Å²) in [6.45, 7) is 4.35. The van der Waals surface area contributed by atoms with E-state index in [4.69, 9.17) is 0 Å². The maximum absolute atomic E-state index is 12.3. The Hall–Kier alpha value is -1.77. The van der Waals surface area contributed by atoms with Crippen molar-refractivity contribution in [1.82, 2.24) is 10.3 Å². The number of carbonyl (C=O) groups excluding carboxylic acids is 1. The second kappa shape index (κ2) is 7.13. The number of rotatable bonds is 7. The third-order valence-electron chi connectivity index (χ3n) is 3.69. The highest BCUT2D eigenvalue weighted by molar-refractivity contribution is 5.98. The Kier molecular flexibility index (Phi) is 5.22. The molecule has 3 nitrogen and oxygen atoms in total. The quantitative estimate of drug-likeness (QED) is 0.777. The highest BCUT2D eigenvalue weighted by Crippen LogP contribution is 2.15. The molecule has 0 saturated carbocycles. The number of hydrogen-bond donors (Lipinski definition) is 2. The van der Waals surface area contributed by atoms with Gasteiger partial charge in [0.15, 0.2) is 0 Å². The number of hydrogen-bond acceptors (Lipinski definition) is 1. The van der Waals surface area contributed by atoms with E-state index in [1.165, 1.54) is 12.8 Å². The summed E-state index contributed by atoms with van der Waals surface area (Å²) in [5.41, 5.74) is 1.81. The first-order valence-electron chi connectivity index (χ1n) is 7.62. The molecule has 0 bridgehead atoms. The van der Waals surface area contributed by atoms with Crippen LogP contribution in [0, 0.1) is 0 Å². The van der Waals surface area contributed by atoms with E-state index in [1.54, 1.807) is 0 Å². The highest BCUT2D eigenvalue weighted by Gasteiger charge is 2.13. The SMILES string of the molecule is CCCCC(CCC)NC(=O)c1ccc2[nH]ccc2c1. The Morgan fingerprint density at radius 2 is 2.05 bits per heavy atom. The van der Waals surface area contributed by atoms with E-state index >= 15 is 0 Å². The molecule has 1 atom stereocenters. The Morgan fingerprint density at radius 1 is 1.20 bits per heavy atom. The van der Waals surface area contributed by atoms with E-state index in [9.17, 15) is 4.79 Å². The molecule has 0 radical (unpaired) electrons. The summed E-state index contributed by atoms with van der Waals surface area (Å²) < 4.78 is 0. The molecule has 1 unspecified atom stereocenters. The maximum Gasteiger partial charge on any atom is 0.251 e. The van der Waals surface area contributed by atoms with Crippen LogP contribution in [0.3, 0.4) is 0 Å². The second-order valence-corrected chi connectivity index (χ2v) is 5.38. The standard InChI is InChI=1S/C17H24N2O/c1-3-5-7-15(6-4-2)19-17(20)14-8-9-16-13(12-14)10-11-18-16/h8-12,15,18H,3-7H2,1-2H3,(H,19,20). The first-order valence-corrected chi connectivity index (χ1v) is 7.62. The van der Waals surface area contributed by atoms with E-state index < -0.39 is 0 Å². The Morgan fingerprint density at radius 3 is 2.80 bits per heavy atom. The first kappa shape index (κ1) is 14.6.